The van der Waals surface area contributed by atoms with E-state index in [1.165, 1.54) is 0 Å². The summed E-state index contributed by atoms with van der Waals surface area (Å²) in [5.74, 6) is 0.929. The molecule has 0 aliphatic rings. The van der Waals surface area contributed by atoms with E-state index < -0.39 is 0 Å². The number of carbonyl (C=O) groups excluding carboxylic acids is 1. The number of carbonyl (C=O) groups is 1. The maximum Gasteiger partial charge on any atom is 0.223 e. The van der Waals surface area contributed by atoms with Crippen LogP contribution in [0.4, 0.5) is 0 Å². The predicted molar refractivity (Wildman–Crippen MR) is 53.5 cm³/mol. The largest absolute Gasteiger partial charge is 0.347 e. The number of halogens is 1. The lowest BCUT2D eigenvalue weighted by molar-refractivity contribution is -0.130. The first-order valence-corrected chi connectivity index (χ1v) is 5.14. The van der Waals surface area contributed by atoms with Gasteiger partial charge in [-0.05, 0) is 0 Å². The van der Waals surface area contributed by atoms with E-state index in [-0.39, 0.29) is 5.91 Å². The number of H-pyrrole nitrogens is 1. The predicted octanol–water partition coefficient (Wildman–Crippen LogP) is 1.15. The summed E-state index contributed by atoms with van der Waals surface area (Å²) in [6, 6.07) is 0. The molecule has 5 heteroatoms. The highest BCUT2D eigenvalue weighted by atomic mass is 79.9. The number of hydrogen-bond acceptors (Lipinski definition) is 2. The highest BCUT2D eigenvalue weighted by Gasteiger charge is 2.08. The van der Waals surface area contributed by atoms with E-state index >= 15 is 0 Å². The summed E-state index contributed by atoms with van der Waals surface area (Å²) in [4.78, 5) is 20.0. The van der Waals surface area contributed by atoms with Crippen molar-refractivity contribution in [1.29, 1.82) is 0 Å². The molecule has 1 heterocycles. The molecule has 0 atom stereocenters. The Labute approximate surface area is 85.5 Å². The maximum atomic E-state index is 11.3. The van der Waals surface area contributed by atoms with Crippen molar-refractivity contribution in [2.24, 2.45) is 0 Å². The molecule has 0 spiro atoms. The van der Waals surface area contributed by atoms with Crippen molar-refractivity contribution >= 4 is 21.8 Å². The summed E-state index contributed by atoms with van der Waals surface area (Å²) in [7, 11) is 1.77. The van der Waals surface area contributed by atoms with Crippen molar-refractivity contribution in [1.82, 2.24) is 14.9 Å². The zero-order chi connectivity index (χ0) is 9.68. The van der Waals surface area contributed by atoms with Gasteiger partial charge >= 0.3 is 0 Å². The minimum Gasteiger partial charge on any atom is -0.347 e. The normalized spacial score (nSPS) is 10.0. The molecule has 0 unspecified atom stereocenters. The molecule has 1 aromatic heterocycles. The van der Waals surface area contributed by atoms with E-state index in [1.807, 2.05) is 0 Å². The van der Waals surface area contributed by atoms with Gasteiger partial charge in [-0.1, -0.05) is 15.9 Å². The minimum atomic E-state index is 0.119. The molecule has 0 radical (unpaired) electrons. The lowest BCUT2D eigenvalue weighted by Gasteiger charge is -2.14. The molecule has 0 bridgehead atoms. The van der Waals surface area contributed by atoms with Crippen LogP contribution in [0.3, 0.4) is 0 Å². The minimum absolute atomic E-state index is 0.119. The number of nitrogens with zero attached hydrogens (tertiary/aromatic N) is 2. The van der Waals surface area contributed by atoms with Gasteiger partial charge in [-0.25, -0.2) is 4.98 Å². The molecule has 1 rings (SSSR count). The molecule has 0 aliphatic heterocycles. The fourth-order valence-electron chi connectivity index (χ4n) is 0.969. The zero-order valence-electron chi connectivity index (χ0n) is 7.46. The molecule has 0 fully saturated rings. The van der Waals surface area contributed by atoms with Crippen molar-refractivity contribution in [3.8, 4) is 0 Å². The van der Waals surface area contributed by atoms with Gasteiger partial charge in [0.05, 0.1) is 6.54 Å². The highest BCUT2D eigenvalue weighted by molar-refractivity contribution is 9.09. The van der Waals surface area contributed by atoms with E-state index in [0.29, 0.717) is 18.3 Å². The van der Waals surface area contributed by atoms with E-state index in [9.17, 15) is 4.79 Å². The average molecular weight is 246 g/mol. The van der Waals surface area contributed by atoms with Gasteiger partial charge in [0, 0.05) is 31.2 Å². The monoisotopic (exact) mass is 245 g/mol. The van der Waals surface area contributed by atoms with Crippen molar-refractivity contribution in [2.45, 2.75) is 13.0 Å². The van der Waals surface area contributed by atoms with Gasteiger partial charge in [0.1, 0.15) is 5.82 Å². The third-order valence-electron chi connectivity index (χ3n) is 1.68. The van der Waals surface area contributed by atoms with Crippen molar-refractivity contribution < 1.29 is 4.79 Å². The molecule has 72 valence electrons. The summed E-state index contributed by atoms with van der Waals surface area (Å²) in [6.07, 6.45) is 3.95. The summed E-state index contributed by atoms with van der Waals surface area (Å²) in [6.45, 7) is 0.541. The number of imidazole rings is 1. The third kappa shape index (κ3) is 3.18. The number of aromatic nitrogens is 2. The van der Waals surface area contributed by atoms with Crippen LogP contribution in [0, 0.1) is 0 Å². The van der Waals surface area contributed by atoms with Crippen molar-refractivity contribution in [3.05, 3.63) is 18.2 Å². The van der Waals surface area contributed by atoms with Crippen LogP contribution in [0.25, 0.3) is 0 Å². The van der Waals surface area contributed by atoms with Crippen LogP contribution < -0.4 is 0 Å². The molecule has 0 aromatic carbocycles. The second kappa shape index (κ2) is 5.01. The molecule has 13 heavy (non-hydrogen) atoms. The lowest BCUT2D eigenvalue weighted by Crippen LogP contribution is -2.26. The molecular weight excluding hydrogens is 234 g/mol. The standard InChI is InChI=1S/C8H12BrN3O/c1-12(8(13)2-3-9)6-7-10-4-5-11-7/h4-5H,2-3,6H2,1H3,(H,10,11). The quantitative estimate of drug-likeness (QED) is 0.810. The molecule has 1 N–H and O–H groups in total. The summed E-state index contributed by atoms with van der Waals surface area (Å²) < 4.78 is 0. The number of amides is 1. The Morgan fingerprint density at radius 2 is 2.54 bits per heavy atom. The second-order valence-corrected chi connectivity index (χ2v) is 3.52. The van der Waals surface area contributed by atoms with E-state index in [2.05, 4.69) is 25.9 Å². The molecule has 0 saturated carbocycles. The first kappa shape index (κ1) is 10.2. The molecular formula is C8H12BrN3O. The molecule has 1 amide bonds. The van der Waals surface area contributed by atoms with Gasteiger partial charge in [0.2, 0.25) is 5.91 Å². The molecule has 4 nitrogen and oxygen atoms in total. The van der Waals surface area contributed by atoms with E-state index in [4.69, 9.17) is 0 Å². The Bertz CT molecular complexity index is 260. The van der Waals surface area contributed by atoms with Crippen LogP contribution in [0.5, 0.6) is 0 Å². The smallest absolute Gasteiger partial charge is 0.223 e. The lowest BCUT2D eigenvalue weighted by atomic mass is 10.4. The first-order valence-electron chi connectivity index (χ1n) is 4.02. The van der Waals surface area contributed by atoms with Gasteiger partial charge in [0.25, 0.3) is 0 Å². The van der Waals surface area contributed by atoms with Crippen LogP contribution in [0.1, 0.15) is 12.2 Å². The maximum absolute atomic E-state index is 11.3. The summed E-state index contributed by atoms with van der Waals surface area (Å²) in [5.41, 5.74) is 0. The number of aromatic amines is 1. The third-order valence-corrected chi connectivity index (χ3v) is 2.07. The molecule has 1 aromatic rings. The number of nitrogens with one attached hydrogen (secondary N) is 1. The van der Waals surface area contributed by atoms with Crippen molar-refractivity contribution in [2.75, 3.05) is 12.4 Å². The number of hydrogen-bond donors (Lipinski definition) is 1. The van der Waals surface area contributed by atoms with Crippen LogP contribution in [0.15, 0.2) is 12.4 Å². The van der Waals surface area contributed by atoms with Crippen LogP contribution in [-0.2, 0) is 11.3 Å². The van der Waals surface area contributed by atoms with Gasteiger partial charge < -0.3 is 9.88 Å². The van der Waals surface area contributed by atoms with Crippen molar-refractivity contribution in [3.63, 3.8) is 0 Å². The Balaban J connectivity index is 2.41. The van der Waals surface area contributed by atoms with E-state index in [1.54, 1.807) is 24.3 Å². The molecule has 0 saturated heterocycles. The van der Waals surface area contributed by atoms with Crippen LogP contribution >= 0.6 is 15.9 Å². The Hall–Kier alpha value is -0.840. The Morgan fingerprint density at radius 3 is 3.08 bits per heavy atom. The van der Waals surface area contributed by atoms with Gasteiger partial charge in [-0.3, -0.25) is 4.79 Å². The fourth-order valence-corrected chi connectivity index (χ4v) is 1.31. The Morgan fingerprint density at radius 1 is 1.77 bits per heavy atom. The van der Waals surface area contributed by atoms with Gasteiger partial charge in [-0.15, -0.1) is 0 Å². The molecule has 0 aliphatic carbocycles. The van der Waals surface area contributed by atoms with E-state index in [0.717, 1.165) is 5.82 Å². The first-order chi connectivity index (χ1) is 6.24. The second-order valence-electron chi connectivity index (χ2n) is 2.72. The summed E-state index contributed by atoms with van der Waals surface area (Å²) in [5, 5.41) is 0.703. The van der Waals surface area contributed by atoms with Gasteiger partial charge in [0.15, 0.2) is 0 Å². The average Bonchev–Trinajstić information content (AvgIpc) is 2.57. The SMILES string of the molecule is CN(Cc1ncc[nH]1)C(=O)CCBr. The van der Waals surface area contributed by atoms with Gasteiger partial charge in [-0.2, -0.15) is 0 Å². The van der Waals surface area contributed by atoms with Crippen LogP contribution in [-0.4, -0.2) is 33.2 Å². The Kier molecular flexibility index (Phi) is 3.95. The summed E-state index contributed by atoms with van der Waals surface area (Å²) >= 11 is 3.23. The topological polar surface area (TPSA) is 49.0 Å². The van der Waals surface area contributed by atoms with Crippen LogP contribution in [0.2, 0.25) is 0 Å². The number of rotatable bonds is 4. The zero-order valence-corrected chi connectivity index (χ0v) is 9.04. The fraction of sp³-hybridized carbons (Fsp3) is 0.500. The highest BCUT2D eigenvalue weighted by Crippen LogP contribution is 1.99. The number of alkyl halides is 1.